The van der Waals surface area contributed by atoms with Gasteiger partial charge in [0.25, 0.3) is 0 Å². The fraction of sp³-hybridized carbons (Fsp3) is 0.842. The Morgan fingerprint density at radius 3 is 2.45 bits per heavy atom. The minimum absolute atomic E-state index is 0.0733. The predicted molar refractivity (Wildman–Crippen MR) is 184 cm³/mol. The van der Waals surface area contributed by atoms with Crippen LogP contribution in [0.5, 0.6) is 0 Å². The molecule has 0 aromatic heterocycles. The molecule has 1 aliphatic carbocycles. The summed E-state index contributed by atoms with van der Waals surface area (Å²) in [6.45, 7) is 16.2. The van der Waals surface area contributed by atoms with Gasteiger partial charge in [0.05, 0.1) is 42.7 Å². The summed E-state index contributed by atoms with van der Waals surface area (Å²) in [6.07, 6.45) is 14.0. The van der Waals surface area contributed by atoms with Gasteiger partial charge in [-0.2, -0.15) is 0 Å². The van der Waals surface area contributed by atoms with Crippen LogP contribution in [0.2, 0.25) is 0 Å². The number of allylic oxidation sites excluding steroid dienone is 3. The van der Waals surface area contributed by atoms with Crippen LogP contribution in [0.15, 0.2) is 23.8 Å². The van der Waals surface area contributed by atoms with Crippen molar-refractivity contribution in [3.8, 4) is 0 Å². The minimum atomic E-state index is -0.531. The summed E-state index contributed by atoms with van der Waals surface area (Å²) < 4.78 is 23.9. The summed E-state index contributed by atoms with van der Waals surface area (Å²) in [5.74, 6) is 1.78. The number of amides is 1. The molecule has 3 saturated heterocycles. The zero-order valence-electron chi connectivity index (χ0n) is 30.2. The van der Waals surface area contributed by atoms with Crippen molar-refractivity contribution < 1.29 is 33.6 Å². The minimum Gasteiger partial charge on any atom is -0.449 e. The second-order valence-electron chi connectivity index (χ2n) is 15.4. The van der Waals surface area contributed by atoms with Gasteiger partial charge in [-0.1, -0.05) is 39.0 Å². The van der Waals surface area contributed by atoms with E-state index in [1.807, 2.05) is 0 Å². The van der Waals surface area contributed by atoms with Gasteiger partial charge in [-0.05, 0) is 95.5 Å². The number of Topliss-reactive ketones (excluding diaryl/α,β-unsaturated/α-hetero) is 1. The quantitative estimate of drug-likeness (QED) is 0.161. The molecule has 3 aliphatic heterocycles. The van der Waals surface area contributed by atoms with E-state index in [1.54, 1.807) is 18.9 Å². The van der Waals surface area contributed by atoms with Crippen molar-refractivity contribution in [2.45, 2.75) is 135 Å². The number of methoxy groups -OCH3 is 1. The van der Waals surface area contributed by atoms with Crippen molar-refractivity contribution in [1.29, 1.82) is 0 Å². The lowest BCUT2D eigenvalue weighted by molar-refractivity contribution is -0.126. The number of aliphatic hydroxyl groups is 1. The molecule has 1 saturated carbocycles. The van der Waals surface area contributed by atoms with Crippen molar-refractivity contribution in [3.05, 3.63) is 23.8 Å². The number of nitrogens with one attached hydrogen (secondary N) is 1. The number of ketones is 1. The van der Waals surface area contributed by atoms with E-state index in [2.05, 4.69) is 58.2 Å². The van der Waals surface area contributed by atoms with E-state index in [0.717, 1.165) is 64.5 Å². The average Bonchev–Trinajstić information content (AvgIpc) is 3.73. The van der Waals surface area contributed by atoms with Crippen LogP contribution in [0.3, 0.4) is 0 Å². The highest BCUT2D eigenvalue weighted by atomic mass is 16.6. The zero-order valence-corrected chi connectivity index (χ0v) is 30.2. The summed E-state index contributed by atoms with van der Waals surface area (Å²) in [6, 6.07) is 0. The Morgan fingerprint density at radius 2 is 1.79 bits per heavy atom. The number of aliphatic hydroxyl groups excluding tert-OH is 1. The number of carbonyl (C=O) groups excluding carboxylic acids is 2. The lowest BCUT2D eigenvalue weighted by Gasteiger charge is -2.36. The molecule has 2 N–H and O–H groups in total. The summed E-state index contributed by atoms with van der Waals surface area (Å²) in [7, 11) is 1.65. The number of ether oxygens (including phenoxy) is 4. The van der Waals surface area contributed by atoms with Crippen LogP contribution < -0.4 is 5.32 Å². The Bertz CT molecular complexity index is 1060. The Balaban J connectivity index is 1.15. The molecule has 0 unspecified atom stereocenters. The van der Waals surface area contributed by atoms with E-state index in [4.69, 9.17) is 18.9 Å². The second-order valence-corrected chi connectivity index (χ2v) is 15.4. The molecular formula is C38H64N2O7. The van der Waals surface area contributed by atoms with Gasteiger partial charge in [-0.3, -0.25) is 4.79 Å². The van der Waals surface area contributed by atoms with Gasteiger partial charge in [0.1, 0.15) is 5.78 Å². The molecule has 0 bridgehead atoms. The van der Waals surface area contributed by atoms with Gasteiger partial charge in [-0.15, -0.1) is 0 Å². The van der Waals surface area contributed by atoms with E-state index < -0.39 is 6.10 Å². The van der Waals surface area contributed by atoms with Gasteiger partial charge < -0.3 is 34.3 Å². The maximum atomic E-state index is 13.1. The number of epoxide rings is 1. The SMILES string of the molecule is CO[C@H]([C@@H](C)[C@H]1O[C@]1(C)C[C@H](C)/C=C/C=C(\C)[C@H]1O[C@@H](CCC(=O)C2CCC(COC(=O)N3CCNCC3)CC2)CC[C@@H]1C)[C@@H](C)O. The molecule has 4 rings (SSSR count). The van der Waals surface area contributed by atoms with Crippen molar-refractivity contribution in [2.24, 2.45) is 29.6 Å². The standard InChI is InChI=1S/C38H64N2O7/c1-25(23-38(6)36(47-38)28(4)35(44-7)29(5)41)9-8-10-26(2)34-27(3)11-16-32(46-34)17-18-33(42)31-14-12-30(13-15-31)24-45-37(43)40-21-19-39-20-22-40/h8-10,25,27-32,34-36,39,41H,11-24H2,1-7H3/b9-8+,26-10+/t25-,27+,28-,29-,30?,31?,32-,34-,35-,36-,38-/m1/s1. The molecule has 268 valence electrons. The first-order valence-electron chi connectivity index (χ1n) is 18.5. The largest absolute Gasteiger partial charge is 0.449 e. The maximum absolute atomic E-state index is 13.1. The maximum Gasteiger partial charge on any atom is 0.409 e. The monoisotopic (exact) mass is 660 g/mol. The van der Waals surface area contributed by atoms with Crippen molar-refractivity contribution in [3.63, 3.8) is 0 Å². The summed E-state index contributed by atoms with van der Waals surface area (Å²) in [4.78, 5) is 27.2. The van der Waals surface area contributed by atoms with Crippen molar-refractivity contribution in [1.82, 2.24) is 10.2 Å². The number of hydrogen-bond donors (Lipinski definition) is 2. The molecule has 9 nitrogen and oxygen atoms in total. The summed E-state index contributed by atoms with van der Waals surface area (Å²) >= 11 is 0. The predicted octanol–water partition coefficient (Wildman–Crippen LogP) is 6.09. The lowest BCUT2D eigenvalue weighted by Crippen LogP contribution is -2.46. The highest BCUT2D eigenvalue weighted by Crippen LogP contribution is 2.47. The highest BCUT2D eigenvalue weighted by Gasteiger charge is 2.56. The summed E-state index contributed by atoms with van der Waals surface area (Å²) in [5, 5.41) is 13.3. The van der Waals surface area contributed by atoms with Gasteiger partial charge in [0, 0.05) is 51.5 Å². The molecule has 3 heterocycles. The van der Waals surface area contributed by atoms with Crippen molar-refractivity contribution >= 4 is 11.9 Å². The third kappa shape index (κ3) is 10.9. The van der Waals surface area contributed by atoms with Gasteiger partial charge in [0.15, 0.2) is 0 Å². The van der Waals surface area contributed by atoms with Crippen LogP contribution in [0.1, 0.15) is 99.3 Å². The smallest absolute Gasteiger partial charge is 0.409 e. The zero-order chi connectivity index (χ0) is 34.1. The van der Waals surface area contributed by atoms with Crippen LogP contribution in [-0.4, -0.2) is 97.9 Å². The number of piperazine rings is 1. The Morgan fingerprint density at radius 1 is 1.09 bits per heavy atom. The molecule has 0 spiro atoms. The van der Waals surface area contributed by atoms with Crippen LogP contribution >= 0.6 is 0 Å². The molecule has 0 aromatic rings. The molecule has 9 atom stereocenters. The first-order valence-corrected chi connectivity index (χ1v) is 18.5. The molecule has 0 radical (unpaired) electrons. The van der Waals surface area contributed by atoms with Crippen LogP contribution in [-0.2, 0) is 23.7 Å². The van der Waals surface area contributed by atoms with E-state index in [9.17, 15) is 14.7 Å². The van der Waals surface area contributed by atoms with Crippen LogP contribution in [0.4, 0.5) is 4.79 Å². The fourth-order valence-corrected chi connectivity index (χ4v) is 8.37. The molecular weight excluding hydrogens is 596 g/mol. The molecule has 4 fully saturated rings. The molecule has 9 heteroatoms. The fourth-order valence-electron chi connectivity index (χ4n) is 8.37. The Kier molecular flexibility index (Phi) is 14.4. The number of hydrogen-bond acceptors (Lipinski definition) is 8. The van der Waals surface area contributed by atoms with Crippen LogP contribution in [0, 0.1) is 29.6 Å². The Labute approximate surface area is 284 Å². The topological polar surface area (TPSA) is 110 Å². The average molecular weight is 661 g/mol. The number of carbonyl (C=O) groups is 2. The third-order valence-corrected chi connectivity index (χ3v) is 11.3. The first kappa shape index (κ1) is 38.0. The van der Waals surface area contributed by atoms with E-state index in [-0.39, 0.29) is 47.9 Å². The highest BCUT2D eigenvalue weighted by molar-refractivity contribution is 5.81. The van der Waals surface area contributed by atoms with E-state index >= 15 is 0 Å². The van der Waals surface area contributed by atoms with E-state index in [1.165, 1.54) is 5.57 Å². The second kappa shape index (κ2) is 17.7. The molecule has 1 amide bonds. The van der Waals surface area contributed by atoms with Crippen LogP contribution in [0.25, 0.3) is 0 Å². The first-order chi connectivity index (χ1) is 22.4. The molecule has 4 aliphatic rings. The molecule has 47 heavy (non-hydrogen) atoms. The number of nitrogens with zero attached hydrogens (tertiary/aromatic N) is 1. The lowest BCUT2D eigenvalue weighted by atomic mass is 9.79. The number of rotatable bonds is 15. The normalized spacial score (nSPS) is 34.5. The Hall–Kier alpha value is -1.78. The van der Waals surface area contributed by atoms with Gasteiger partial charge >= 0.3 is 6.09 Å². The van der Waals surface area contributed by atoms with Gasteiger partial charge in [-0.25, -0.2) is 4.79 Å². The van der Waals surface area contributed by atoms with E-state index in [0.29, 0.717) is 49.7 Å². The molecule has 0 aromatic carbocycles. The third-order valence-electron chi connectivity index (χ3n) is 11.3. The van der Waals surface area contributed by atoms with Crippen molar-refractivity contribution in [2.75, 3.05) is 39.9 Å². The van der Waals surface area contributed by atoms with Gasteiger partial charge in [0.2, 0.25) is 0 Å². The summed E-state index contributed by atoms with van der Waals surface area (Å²) in [5.41, 5.74) is 1.03.